The SMILES string of the molecule is CC[C@H]1CCC[C@H](N2Cc3c(cccc3C(F)(F)F)C2=O)N1. The van der Waals surface area contributed by atoms with Crippen LogP contribution in [0.5, 0.6) is 0 Å². The molecule has 0 spiro atoms. The Labute approximate surface area is 127 Å². The average molecular weight is 312 g/mol. The number of halogens is 3. The zero-order valence-corrected chi connectivity index (χ0v) is 12.4. The van der Waals surface area contributed by atoms with Crippen LogP contribution >= 0.6 is 0 Å². The number of nitrogens with zero attached hydrogens (tertiary/aromatic N) is 1. The molecule has 3 nitrogen and oxygen atoms in total. The van der Waals surface area contributed by atoms with Crippen LogP contribution in [0.4, 0.5) is 13.2 Å². The number of hydrogen-bond donors (Lipinski definition) is 1. The number of carbonyl (C=O) groups is 1. The largest absolute Gasteiger partial charge is 0.416 e. The third-order valence-corrected chi connectivity index (χ3v) is 4.63. The molecule has 0 bridgehead atoms. The van der Waals surface area contributed by atoms with Crippen molar-refractivity contribution in [3.63, 3.8) is 0 Å². The Morgan fingerprint density at radius 1 is 1.32 bits per heavy atom. The topological polar surface area (TPSA) is 32.3 Å². The Hall–Kier alpha value is -1.56. The van der Waals surface area contributed by atoms with Gasteiger partial charge < -0.3 is 4.90 Å². The van der Waals surface area contributed by atoms with Crippen molar-refractivity contribution in [2.75, 3.05) is 0 Å². The molecule has 2 aliphatic heterocycles. The Kier molecular flexibility index (Phi) is 3.89. The van der Waals surface area contributed by atoms with Crippen molar-refractivity contribution in [2.24, 2.45) is 0 Å². The van der Waals surface area contributed by atoms with E-state index in [1.165, 1.54) is 12.1 Å². The lowest BCUT2D eigenvalue weighted by atomic mass is 10.00. The summed E-state index contributed by atoms with van der Waals surface area (Å²) in [4.78, 5) is 14.0. The number of piperidine rings is 1. The molecule has 22 heavy (non-hydrogen) atoms. The van der Waals surface area contributed by atoms with Crippen LogP contribution < -0.4 is 5.32 Å². The van der Waals surface area contributed by atoms with Crippen LogP contribution in [-0.4, -0.2) is 23.0 Å². The van der Waals surface area contributed by atoms with Gasteiger partial charge in [0.25, 0.3) is 5.91 Å². The van der Waals surface area contributed by atoms with Crippen LogP contribution in [0.15, 0.2) is 18.2 Å². The molecule has 0 radical (unpaired) electrons. The van der Waals surface area contributed by atoms with Gasteiger partial charge in [-0.3, -0.25) is 10.1 Å². The predicted molar refractivity (Wildman–Crippen MR) is 76.2 cm³/mol. The molecule has 1 aromatic rings. The Bertz CT molecular complexity index is 585. The van der Waals surface area contributed by atoms with E-state index in [1.807, 2.05) is 0 Å². The molecular weight excluding hydrogens is 293 g/mol. The minimum Gasteiger partial charge on any atom is -0.319 e. The monoisotopic (exact) mass is 312 g/mol. The number of amides is 1. The minimum atomic E-state index is -4.42. The summed E-state index contributed by atoms with van der Waals surface area (Å²) in [5, 5.41) is 3.39. The molecule has 120 valence electrons. The van der Waals surface area contributed by atoms with Gasteiger partial charge >= 0.3 is 6.18 Å². The maximum Gasteiger partial charge on any atom is 0.416 e. The maximum absolute atomic E-state index is 13.1. The smallest absolute Gasteiger partial charge is 0.319 e. The molecule has 0 aromatic heterocycles. The van der Waals surface area contributed by atoms with Crippen molar-refractivity contribution in [3.8, 4) is 0 Å². The first-order valence-corrected chi connectivity index (χ1v) is 7.68. The second-order valence-electron chi connectivity index (χ2n) is 5.98. The maximum atomic E-state index is 13.1. The molecule has 2 heterocycles. The molecular formula is C16H19F3N2O. The van der Waals surface area contributed by atoms with E-state index >= 15 is 0 Å². The summed E-state index contributed by atoms with van der Waals surface area (Å²) in [5.41, 5.74) is -0.389. The first-order valence-electron chi connectivity index (χ1n) is 7.68. The molecule has 1 N–H and O–H groups in total. The highest BCUT2D eigenvalue weighted by Gasteiger charge is 2.41. The van der Waals surface area contributed by atoms with Crippen molar-refractivity contribution in [3.05, 3.63) is 34.9 Å². The first kappa shape index (κ1) is 15.3. The normalized spacial score (nSPS) is 25.5. The first-order chi connectivity index (χ1) is 10.4. The molecule has 1 amide bonds. The van der Waals surface area contributed by atoms with E-state index in [0.717, 1.165) is 31.7 Å². The third-order valence-electron chi connectivity index (χ3n) is 4.63. The number of carbonyl (C=O) groups excluding carboxylic acids is 1. The predicted octanol–water partition coefficient (Wildman–Crippen LogP) is 3.54. The minimum absolute atomic E-state index is 0.0396. The summed E-state index contributed by atoms with van der Waals surface area (Å²) in [6.07, 6.45) is -0.803. The van der Waals surface area contributed by atoms with Crippen LogP contribution in [0, 0.1) is 0 Å². The number of rotatable bonds is 2. The fourth-order valence-corrected chi connectivity index (χ4v) is 3.44. The molecule has 1 aromatic carbocycles. The molecule has 0 saturated carbocycles. The van der Waals surface area contributed by atoms with Crippen LogP contribution in [-0.2, 0) is 12.7 Å². The summed E-state index contributed by atoms with van der Waals surface area (Å²) in [6, 6.07) is 4.19. The van der Waals surface area contributed by atoms with E-state index in [9.17, 15) is 18.0 Å². The quantitative estimate of drug-likeness (QED) is 0.906. The average Bonchev–Trinajstić information content (AvgIpc) is 2.83. The van der Waals surface area contributed by atoms with E-state index in [4.69, 9.17) is 0 Å². The number of fused-ring (bicyclic) bond motifs is 1. The summed E-state index contributed by atoms with van der Waals surface area (Å²) in [6.45, 7) is 2.11. The number of alkyl halides is 3. The van der Waals surface area contributed by atoms with Crippen LogP contribution in [0.3, 0.4) is 0 Å². The number of benzene rings is 1. The Morgan fingerprint density at radius 3 is 2.77 bits per heavy atom. The fourth-order valence-electron chi connectivity index (χ4n) is 3.44. The summed E-state index contributed by atoms with van der Waals surface area (Å²) in [5.74, 6) is -0.296. The van der Waals surface area contributed by atoms with E-state index in [0.29, 0.717) is 6.04 Å². The van der Waals surface area contributed by atoms with E-state index < -0.39 is 11.7 Å². The second-order valence-corrected chi connectivity index (χ2v) is 5.98. The zero-order chi connectivity index (χ0) is 15.9. The summed E-state index contributed by atoms with van der Waals surface area (Å²) >= 11 is 0. The van der Waals surface area contributed by atoms with E-state index in [1.54, 1.807) is 4.90 Å². The van der Waals surface area contributed by atoms with Crippen LogP contribution in [0.25, 0.3) is 0 Å². The van der Waals surface area contributed by atoms with E-state index in [2.05, 4.69) is 12.2 Å². The molecule has 2 aliphatic rings. The van der Waals surface area contributed by atoms with Gasteiger partial charge in [0.05, 0.1) is 11.7 Å². The molecule has 0 unspecified atom stereocenters. The fraction of sp³-hybridized carbons (Fsp3) is 0.562. The molecule has 3 rings (SSSR count). The molecule has 1 fully saturated rings. The van der Waals surface area contributed by atoms with Crippen LogP contribution in [0.1, 0.15) is 54.1 Å². The molecule has 6 heteroatoms. The molecule has 1 saturated heterocycles. The number of nitrogens with one attached hydrogen (secondary N) is 1. The van der Waals surface area contributed by atoms with Crippen molar-refractivity contribution >= 4 is 5.91 Å². The summed E-state index contributed by atoms with van der Waals surface area (Å²) in [7, 11) is 0. The van der Waals surface area contributed by atoms with Crippen molar-refractivity contribution in [2.45, 2.75) is 57.5 Å². The van der Waals surface area contributed by atoms with Gasteiger partial charge in [0.15, 0.2) is 0 Å². The highest BCUT2D eigenvalue weighted by Crippen LogP contribution is 2.38. The highest BCUT2D eigenvalue weighted by atomic mass is 19.4. The third kappa shape index (κ3) is 2.60. The van der Waals surface area contributed by atoms with Crippen LogP contribution in [0.2, 0.25) is 0 Å². The second kappa shape index (κ2) is 5.57. The van der Waals surface area contributed by atoms with Crippen molar-refractivity contribution < 1.29 is 18.0 Å². The zero-order valence-electron chi connectivity index (χ0n) is 12.4. The van der Waals surface area contributed by atoms with Crippen molar-refractivity contribution in [1.29, 1.82) is 0 Å². The lowest BCUT2D eigenvalue weighted by molar-refractivity contribution is -0.138. The molecule has 2 atom stereocenters. The summed E-state index contributed by atoms with van der Waals surface area (Å²) < 4.78 is 39.3. The van der Waals surface area contributed by atoms with Gasteiger partial charge in [-0.25, -0.2) is 0 Å². The van der Waals surface area contributed by atoms with Gasteiger partial charge in [0.1, 0.15) is 0 Å². The van der Waals surface area contributed by atoms with Gasteiger partial charge in [-0.1, -0.05) is 13.0 Å². The lowest BCUT2D eigenvalue weighted by Gasteiger charge is -2.36. The van der Waals surface area contributed by atoms with Gasteiger partial charge in [0.2, 0.25) is 0 Å². The number of hydrogen-bond acceptors (Lipinski definition) is 2. The van der Waals surface area contributed by atoms with Gasteiger partial charge in [-0.05, 0) is 43.4 Å². The lowest BCUT2D eigenvalue weighted by Crippen LogP contribution is -2.52. The van der Waals surface area contributed by atoms with Gasteiger partial charge in [0, 0.05) is 18.2 Å². The Morgan fingerprint density at radius 2 is 2.09 bits per heavy atom. The molecule has 0 aliphatic carbocycles. The van der Waals surface area contributed by atoms with Crippen molar-refractivity contribution in [1.82, 2.24) is 10.2 Å². The van der Waals surface area contributed by atoms with Gasteiger partial charge in [-0.15, -0.1) is 0 Å². The van der Waals surface area contributed by atoms with E-state index in [-0.39, 0.29) is 29.7 Å². The van der Waals surface area contributed by atoms with Gasteiger partial charge in [-0.2, -0.15) is 13.2 Å². The Balaban J connectivity index is 1.88. The standard InChI is InChI=1S/C16H19F3N2O/c1-2-10-5-3-8-14(20-10)21-9-12-11(15(21)22)6-4-7-13(12)16(17,18)19/h4,6-7,10,14,20H,2-3,5,8-9H2,1H3/t10-,14-/m0/s1. The highest BCUT2D eigenvalue weighted by molar-refractivity contribution is 5.99.